The summed E-state index contributed by atoms with van der Waals surface area (Å²) in [5.41, 5.74) is 4.53. The number of hydrogen-bond acceptors (Lipinski definition) is 4. The van der Waals surface area contributed by atoms with Crippen molar-refractivity contribution in [1.29, 1.82) is 0 Å². The number of aromatic nitrogens is 1. The Labute approximate surface area is 198 Å². The van der Waals surface area contributed by atoms with E-state index < -0.39 is 0 Å². The average molecular weight is 462 g/mol. The molecule has 3 heterocycles. The molecule has 2 aliphatic heterocycles. The summed E-state index contributed by atoms with van der Waals surface area (Å²) in [6, 6.07) is 14.2. The zero-order chi connectivity index (χ0) is 23.7. The van der Waals surface area contributed by atoms with Gasteiger partial charge in [0.1, 0.15) is 5.82 Å². The molecule has 34 heavy (non-hydrogen) atoms. The molecule has 0 saturated carbocycles. The van der Waals surface area contributed by atoms with Gasteiger partial charge in [0.05, 0.1) is 18.2 Å². The van der Waals surface area contributed by atoms with Crippen molar-refractivity contribution in [3.05, 3.63) is 71.2 Å². The van der Waals surface area contributed by atoms with Crippen LogP contribution in [0, 0.1) is 11.7 Å². The molecule has 2 amide bonds. The van der Waals surface area contributed by atoms with E-state index in [1.54, 1.807) is 21.9 Å². The van der Waals surface area contributed by atoms with Gasteiger partial charge in [-0.2, -0.15) is 0 Å². The Kier molecular flexibility index (Phi) is 6.18. The minimum Gasteiger partial charge on any atom is -0.356 e. The molecule has 0 N–H and O–H groups in total. The minimum atomic E-state index is -0.372. The first-order chi connectivity index (χ1) is 16.5. The number of amides is 2. The third-order valence-electron chi connectivity index (χ3n) is 6.80. The summed E-state index contributed by atoms with van der Waals surface area (Å²) < 4.78 is 18.9. The van der Waals surface area contributed by atoms with Crippen LogP contribution in [0.3, 0.4) is 0 Å². The van der Waals surface area contributed by atoms with Crippen LogP contribution in [0.25, 0.3) is 11.3 Å². The third kappa shape index (κ3) is 4.34. The summed E-state index contributed by atoms with van der Waals surface area (Å²) in [7, 11) is 0. The predicted molar refractivity (Wildman–Crippen MR) is 127 cm³/mol. The van der Waals surface area contributed by atoms with Gasteiger partial charge >= 0.3 is 0 Å². The van der Waals surface area contributed by atoms with Crippen LogP contribution in [-0.2, 0) is 29.0 Å². The Bertz CT molecular complexity index is 1190. The first kappa shape index (κ1) is 22.3. The van der Waals surface area contributed by atoms with Gasteiger partial charge in [-0.15, -0.1) is 0 Å². The number of rotatable bonds is 6. The van der Waals surface area contributed by atoms with Crippen molar-refractivity contribution in [3.63, 3.8) is 0 Å². The number of nitrogens with zero attached hydrogens (tertiary/aromatic N) is 3. The summed E-state index contributed by atoms with van der Waals surface area (Å²) in [5, 5.41) is 4.17. The van der Waals surface area contributed by atoms with Crippen LogP contribution in [0.4, 0.5) is 10.1 Å². The van der Waals surface area contributed by atoms with Crippen LogP contribution < -0.4 is 4.90 Å². The Hall–Kier alpha value is -3.48. The smallest absolute Gasteiger partial charge is 0.228 e. The zero-order valence-electron chi connectivity index (χ0n) is 19.3. The van der Waals surface area contributed by atoms with E-state index in [-0.39, 0.29) is 30.0 Å². The minimum absolute atomic E-state index is 0.0191. The molecular formula is C27H28FN3O3. The quantitative estimate of drug-likeness (QED) is 0.531. The lowest BCUT2D eigenvalue weighted by molar-refractivity contribution is -0.136. The van der Waals surface area contributed by atoms with Crippen molar-refractivity contribution in [2.45, 2.75) is 45.6 Å². The van der Waals surface area contributed by atoms with Crippen LogP contribution in [0.15, 0.2) is 53.1 Å². The van der Waals surface area contributed by atoms with Crippen LogP contribution in [0.5, 0.6) is 0 Å². The SMILES string of the molecule is CCCCc1ccc(N2CC(C(=O)N3CCc4noc(-c5ccc(F)cc5)c4C3)CC2=O)cc1. The van der Waals surface area contributed by atoms with Gasteiger partial charge in [0.15, 0.2) is 5.76 Å². The van der Waals surface area contributed by atoms with Gasteiger partial charge in [0.2, 0.25) is 11.8 Å². The Morgan fingerprint density at radius 1 is 1.15 bits per heavy atom. The van der Waals surface area contributed by atoms with Crippen molar-refractivity contribution >= 4 is 17.5 Å². The molecule has 0 radical (unpaired) electrons. The molecular weight excluding hydrogens is 433 g/mol. The van der Waals surface area contributed by atoms with Gasteiger partial charge in [0, 0.05) is 42.7 Å². The van der Waals surface area contributed by atoms with Crippen LogP contribution in [-0.4, -0.2) is 35.0 Å². The maximum atomic E-state index is 13.4. The average Bonchev–Trinajstić information content (AvgIpc) is 3.46. The van der Waals surface area contributed by atoms with Crippen LogP contribution in [0.2, 0.25) is 0 Å². The van der Waals surface area contributed by atoms with E-state index in [4.69, 9.17) is 4.52 Å². The highest BCUT2D eigenvalue weighted by Gasteiger charge is 2.38. The maximum absolute atomic E-state index is 13.4. The molecule has 7 heteroatoms. The molecule has 0 spiro atoms. The van der Waals surface area contributed by atoms with E-state index in [1.165, 1.54) is 17.7 Å². The molecule has 176 valence electrons. The van der Waals surface area contributed by atoms with Crippen molar-refractivity contribution < 1.29 is 18.5 Å². The number of carbonyl (C=O) groups excluding carboxylic acids is 2. The molecule has 2 aromatic carbocycles. The van der Waals surface area contributed by atoms with Crippen molar-refractivity contribution in [2.75, 3.05) is 18.0 Å². The first-order valence-corrected chi connectivity index (χ1v) is 11.9. The molecule has 1 saturated heterocycles. The molecule has 1 atom stereocenters. The summed E-state index contributed by atoms with van der Waals surface area (Å²) in [6.07, 6.45) is 4.13. The van der Waals surface area contributed by atoms with Crippen LogP contribution in [0.1, 0.15) is 43.0 Å². The lowest BCUT2D eigenvalue weighted by atomic mass is 9.99. The van der Waals surface area contributed by atoms with E-state index in [9.17, 15) is 14.0 Å². The van der Waals surface area contributed by atoms with E-state index >= 15 is 0 Å². The van der Waals surface area contributed by atoms with Gasteiger partial charge in [-0.1, -0.05) is 30.6 Å². The van der Waals surface area contributed by atoms with E-state index in [2.05, 4.69) is 24.2 Å². The number of fused-ring (bicyclic) bond motifs is 1. The molecule has 3 aromatic rings. The lowest BCUT2D eigenvalue weighted by Crippen LogP contribution is -2.40. The fraction of sp³-hybridized carbons (Fsp3) is 0.370. The second kappa shape index (κ2) is 9.41. The highest BCUT2D eigenvalue weighted by atomic mass is 19.1. The molecule has 2 aliphatic rings. The lowest BCUT2D eigenvalue weighted by Gasteiger charge is -2.28. The highest BCUT2D eigenvalue weighted by molar-refractivity contribution is 6.00. The normalized spacial score (nSPS) is 17.8. The highest BCUT2D eigenvalue weighted by Crippen LogP contribution is 2.33. The van der Waals surface area contributed by atoms with E-state index in [0.29, 0.717) is 31.8 Å². The number of anilines is 1. The molecule has 0 bridgehead atoms. The van der Waals surface area contributed by atoms with E-state index in [0.717, 1.165) is 41.8 Å². The second-order valence-corrected chi connectivity index (χ2v) is 9.13. The van der Waals surface area contributed by atoms with Crippen molar-refractivity contribution in [2.24, 2.45) is 5.92 Å². The topological polar surface area (TPSA) is 66.7 Å². The maximum Gasteiger partial charge on any atom is 0.228 e. The molecule has 1 unspecified atom stereocenters. The van der Waals surface area contributed by atoms with Crippen LogP contribution >= 0.6 is 0 Å². The Morgan fingerprint density at radius 3 is 2.65 bits per heavy atom. The summed E-state index contributed by atoms with van der Waals surface area (Å²) in [4.78, 5) is 29.6. The largest absolute Gasteiger partial charge is 0.356 e. The number of unbranched alkanes of at least 4 members (excludes halogenated alkanes) is 1. The van der Waals surface area contributed by atoms with Crippen molar-refractivity contribution in [3.8, 4) is 11.3 Å². The van der Waals surface area contributed by atoms with Gasteiger partial charge in [-0.05, 0) is 54.8 Å². The van der Waals surface area contributed by atoms with Gasteiger partial charge in [-0.25, -0.2) is 4.39 Å². The summed E-state index contributed by atoms with van der Waals surface area (Å²) in [5.74, 6) is -0.163. The standard InChI is InChI=1S/C27H28FN3O3/c1-2-3-4-18-5-11-22(12-6-18)31-16-20(15-25(31)32)27(33)30-14-13-24-23(17-30)26(34-29-24)19-7-9-21(28)10-8-19/h5-12,20H,2-4,13-17H2,1H3. The molecule has 1 aromatic heterocycles. The molecule has 1 fully saturated rings. The zero-order valence-corrected chi connectivity index (χ0v) is 19.3. The predicted octanol–water partition coefficient (Wildman–Crippen LogP) is 4.76. The molecule has 0 aliphatic carbocycles. The summed E-state index contributed by atoms with van der Waals surface area (Å²) in [6.45, 7) is 3.48. The first-order valence-electron chi connectivity index (χ1n) is 11.9. The third-order valence-corrected chi connectivity index (χ3v) is 6.80. The van der Waals surface area contributed by atoms with Gasteiger partial charge in [0.25, 0.3) is 0 Å². The monoisotopic (exact) mass is 461 g/mol. The Morgan fingerprint density at radius 2 is 1.91 bits per heavy atom. The van der Waals surface area contributed by atoms with Gasteiger partial charge < -0.3 is 14.3 Å². The number of aryl methyl sites for hydroxylation is 1. The number of carbonyl (C=O) groups is 2. The Balaban J connectivity index is 1.28. The van der Waals surface area contributed by atoms with E-state index in [1.807, 2.05) is 12.1 Å². The fourth-order valence-corrected chi connectivity index (χ4v) is 4.83. The molecule has 6 nitrogen and oxygen atoms in total. The molecule has 5 rings (SSSR count). The number of hydrogen-bond donors (Lipinski definition) is 0. The van der Waals surface area contributed by atoms with Gasteiger partial charge in [-0.3, -0.25) is 9.59 Å². The van der Waals surface area contributed by atoms with Crippen molar-refractivity contribution in [1.82, 2.24) is 10.1 Å². The fourth-order valence-electron chi connectivity index (χ4n) is 4.83. The second-order valence-electron chi connectivity index (χ2n) is 9.13. The summed E-state index contributed by atoms with van der Waals surface area (Å²) >= 11 is 0. The number of benzene rings is 2. The number of halogens is 1.